The van der Waals surface area contributed by atoms with E-state index in [0.29, 0.717) is 6.61 Å². The zero-order chi connectivity index (χ0) is 12.3. The summed E-state index contributed by atoms with van der Waals surface area (Å²) >= 11 is 0. The fourth-order valence-corrected chi connectivity index (χ4v) is 1.48. The Morgan fingerprint density at radius 2 is 2.06 bits per heavy atom. The summed E-state index contributed by atoms with van der Waals surface area (Å²) in [6.07, 6.45) is 1.03. The van der Waals surface area contributed by atoms with E-state index in [-0.39, 0.29) is 11.8 Å². The maximum Gasteiger partial charge on any atom is 0.408 e. The number of rotatable bonds is 5. The lowest BCUT2D eigenvalue weighted by molar-refractivity contribution is -0.144. The summed E-state index contributed by atoms with van der Waals surface area (Å²) in [4.78, 5) is 22.5. The molecule has 0 aromatic carbocycles. The van der Waals surface area contributed by atoms with Gasteiger partial charge in [-0.15, -0.1) is 0 Å². The molecule has 0 aromatic heterocycles. The van der Waals surface area contributed by atoms with Crippen LogP contribution in [0.5, 0.6) is 0 Å². The summed E-state index contributed by atoms with van der Waals surface area (Å²) in [6, 6.07) is 0. The van der Waals surface area contributed by atoms with E-state index in [1.165, 1.54) is 6.92 Å². The molecule has 0 heterocycles. The molecule has 92 valence electrons. The molecule has 1 saturated carbocycles. The summed E-state index contributed by atoms with van der Waals surface area (Å²) < 4.78 is 4.91. The van der Waals surface area contributed by atoms with Crippen LogP contribution in [0.15, 0.2) is 0 Å². The number of amides is 1. The number of ether oxygens (including phenoxy) is 1. The van der Waals surface area contributed by atoms with E-state index in [1.807, 2.05) is 13.8 Å². The van der Waals surface area contributed by atoms with Crippen molar-refractivity contribution in [2.45, 2.75) is 39.2 Å². The highest BCUT2D eigenvalue weighted by Crippen LogP contribution is 2.39. The molecule has 2 N–H and O–H groups in total. The number of hydrogen-bond donors (Lipinski definition) is 2. The van der Waals surface area contributed by atoms with Crippen molar-refractivity contribution in [2.75, 3.05) is 6.61 Å². The van der Waals surface area contributed by atoms with Crippen LogP contribution in [0.3, 0.4) is 0 Å². The summed E-state index contributed by atoms with van der Waals surface area (Å²) in [5.41, 5.74) is -1.19. The molecule has 0 aliphatic heterocycles. The Bertz CT molecular complexity index is 286. The lowest BCUT2D eigenvalue weighted by Crippen LogP contribution is -2.54. The molecule has 0 saturated heterocycles. The predicted octanol–water partition coefficient (Wildman–Crippen LogP) is 1.62. The summed E-state index contributed by atoms with van der Waals surface area (Å²) in [6.45, 7) is 5.67. The van der Waals surface area contributed by atoms with E-state index < -0.39 is 17.6 Å². The van der Waals surface area contributed by atoms with E-state index in [9.17, 15) is 9.59 Å². The standard InChI is InChI=1S/C11H19NO4/c1-7(2)6-16-10(15)12-11(3,9(13)14)8-4-5-8/h7-8H,4-6H2,1-3H3,(H,12,15)(H,13,14). The predicted molar refractivity (Wildman–Crippen MR) is 58.1 cm³/mol. The van der Waals surface area contributed by atoms with Gasteiger partial charge in [-0.1, -0.05) is 13.8 Å². The number of carboxylic acid groups (broad SMARTS) is 1. The van der Waals surface area contributed by atoms with Crippen molar-refractivity contribution >= 4 is 12.1 Å². The fourth-order valence-electron chi connectivity index (χ4n) is 1.48. The number of carbonyl (C=O) groups is 2. The molecular weight excluding hydrogens is 210 g/mol. The van der Waals surface area contributed by atoms with Gasteiger partial charge in [-0.25, -0.2) is 9.59 Å². The number of nitrogens with one attached hydrogen (secondary N) is 1. The molecule has 1 unspecified atom stereocenters. The minimum absolute atomic E-state index is 0.0246. The van der Waals surface area contributed by atoms with Gasteiger partial charge in [-0.05, 0) is 31.6 Å². The second kappa shape index (κ2) is 4.72. The number of carboxylic acids is 1. The van der Waals surface area contributed by atoms with Crippen molar-refractivity contribution in [3.05, 3.63) is 0 Å². The van der Waals surface area contributed by atoms with E-state index in [4.69, 9.17) is 9.84 Å². The maximum atomic E-state index is 11.4. The molecule has 16 heavy (non-hydrogen) atoms. The van der Waals surface area contributed by atoms with Crippen LogP contribution in [0.25, 0.3) is 0 Å². The highest BCUT2D eigenvalue weighted by Gasteiger charge is 2.48. The average molecular weight is 229 g/mol. The smallest absolute Gasteiger partial charge is 0.408 e. The van der Waals surface area contributed by atoms with Crippen LogP contribution in [0.4, 0.5) is 4.79 Å². The van der Waals surface area contributed by atoms with Crippen LogP contribution in [0, 0.1) is 11.8 Å². The molecule has 1 rings (SSSR count). The van der Waals surface area contributed by atoms with Gasteiger partial charge in [-0.3, -0.25) is 0 Å². The van der Waals surface area contributed by atoms with Gasteiger partial charge in [0.1, 0.15) is 5.54 Å². The third kappa shape index (κ3) is 3.12. The fraction of sp³-hybridized carbons (Fsp3) is 0.818. The first-order valence-corrected chi connectivity index (χ1v) is 5.54. The quantitative estimate of drug-likeness (QED) is 0.751. The van der Waals surface area contributed by atoms with Gasteiger partial charge in [0.25, 0.3) is 0 Å². The molecule has 1 atom stereocenters. The highest BCUT2D eigenvalue weighted by molar-refractivity contribution is 5.84. The Labute approximate surface area is 95.2 Å². The third-order valence-electron chi connectivity index (χ3n) is 2.75. The van der Waals surface area contributed by atoms with Crippen LogP contribution >= 0.6 is 0 Å². The summed E-state index contributed by atoms with van der Waals surface area (Å²) in [7, 11) is 0. The Kier molecular flexibility index (Phi) is 3.78. The van der Waals surface area contributed by atoms with Crippen molar-refractivity contribution < 1.29 is 19.4 Å². The molecule has 5 nitrogen and oxygen atoms in total. The van der Waals surface area contributed by atoms with E-state index >= 15 is 0 Å². The maximum absolute atomic E-state index is 11.4. The van der Waals surface area contributed by atoms with Gasteiger partial charge >= 0.3 is 12.1 Å². The Morgan fingerprint density at radius 1 is 1.50 bits per heavy atom. The highest BCUT2D eigenvalue weighted by atomic mass is 16.5. The van der Waals surface area contributed by atoms with Crippen molar-refractivity contribution in [1.82, 2.24) is 5.32 Å². The molecule has 1 amide bonds. The normalized spacial score (nSPS) is 19.0. The Hall–Kier alpha value is -1.26. The number of alkyl carbamates (subject to hydrolysis) is 1. The van der Waals surface area contributed by atoms with Crippen molar-refractivity contribution in [1.29, 1.82) is 0 Å². The molecule has 1 fully saturated rings. The van der Waals surface area contributed by atoms with Gasteiger partial charge in [0.05, 0.1) is 6.61 Å². The molecule has 0 spiro atoms. The Balaban J connectivity index is 2.49. The molecule has 5 heteroatoms. The third-order valence-corrected chi connectivity index (χ3v) is 2.75. The van der Waals surface area contributed by atoms with E-state index in [0.717, 1.165) is 12.8 Å². The van der Waals surface area contributed by atoms with Crippen LogP contribution < -0.4 is 5.32 Å². The van der Waals surface area contributed by atoms with Crippen LogP contribution in [0.1, 0.15) is 33.6 Å². The first-order valence-electron chi connectivity index (χ1n) is 5.54. The average Bonchev–Trinajstić information content (AvgIpc) is 2.97. The van der Waals surface area contributed by atoms with Gasteiger partial charge in [0.15, 0.2) is 0 Å². The molecular formula is C11H19NO4. The largest absolute Gasteiger partial charge is 0.480 e. The lowest BCUT2D eigenvalue weighted by Gasteiger charge is -2.25. The van der Waals surface area contributed by atoms with Gasteiger partial charge in [0.2, 0.25) is 0 Å². The number of carbonyl (C=O) groups excluding carboxylic acids is 1. The van der Waals surface area contributed by atoms with Gasteiger partial charge in [0, 0.05) is 0 Å². The number of aliphatic carboxylic acids is 1. The van der Waals surface area contributed by atoms with Crippen molar-refractivity contribution in [3.8, 4) is 0 Å². The van der Waals surface area contributed by atoms with Crippen LogP contribution in [-0.4, -0.2) is 29.3 Å². The number of hydrogen-bond acceptors (Lipinski definition) is 3. The second-order valence-electron chi connectivity index (χ2n) is 4.90. The first kappa shape index (κ1) is 12.8. The topological polar surface area (TPSA) is 75.6 Å². The summed E-state index contributed by atoms with van der Waals surface area (Å²) in [5, 5.41) is 11.5. The van der Waals surface area contributed by atoms with Crippen molar-refractivity contribution in [2.24, 2.45) is 11.8 Å². The zero-order valence-electron chi connectivity index (χ0n) is 9.95. The van der Waals surface area contributed by atoms with Gasteiger partial charge < -0.3 is 15.2 Å². The lowest BCUT2D eigenvalue weighted by atomic mass is 9.96. The van der Waals surface area contributed by atoms with Crippen LogP contribution in [0.2, 0.25) is 0 Å². The first-order chi connectivity index (χ1) is 7.36. The summed E-state index contributed by atoms with van der Waals surface area (Å²) in [5.74, 6) is -0.740. The molecule has 0 radical (unpaired) electrons. The monoisotopic (exact) mass is 229 g/mol. The van der Waals surface area contributed by atoms with Crippen molar-refractivity contribution in [3.63, 3.8) is 0 Å². The molecule has 1 aliphatic rings. The molecule has 0 aromatic rings. The Morgan fingerprint density at radius 3 is 2.44 bits per heavy atom. The molecule has 1 aliphatic carbocycles. The SMILES string of the molecule is CC(C)COC(=O)NC(C)(C(=O)O)C1CC1. The van der Waals surface area contributed by atoms with E-state index in [1.54, 1.807) is 0 Å². The minimum Gasteiger partial charge on any atom is -0.480 e. The van der Waals surface area contributed by atoms with Gasteiger partial charge in [-0.2, -0.15) is 0 Å². The second-order valence-corrected chi connectivity index (χ2v) is 4.90. The molecule has 0 bridgehead atoms. The minimum atomic E-state index is -1.19. The van der Waals surface area contributed by atoms with Crippen LogP contribution in [-0.2, 0) is 9.53 Å². The van der Waals surface area contributed by atoms with E-state index in [2.05, 4.69) is 5.32 Å². The zero-order valence-corrected chi connectivity index (χ0v) is 9.95.